The first kappa shape index (κ1) is 16.4. The molecule has 1 N–H and O–H groups in total. The second-order valence-corrected chi connectivity index (χ2v) is 5.25. The average Bonchev–Trinajstić information content (AvgIpc) is 2.53. The second kappa shape index (κ2) is 7.86. The van der Waals surface area contributed by atoms with Crippen molar-refractivity contribution in [1.29, 1.82) is 0 Å². The van der Waals surface area contributed by atoms with Gasteiger partial charge in [-0.25, -0.2) is 0 Å². The molecule has 7 heteroatoms. The summed E-state index contributed by atoms with van der Waals surface area (Å²) in [5.74, 6) is -0.391. The molecule has 0 bridgehead atoms. The van der Waals surface area contributed by atoms with Crippen LogP contribution in [-0.4, -0.2) is 48.6 Å². The van der Waals surface area contributed by atoms with Gasteiger partial charge in [-0.3, -0.25) is 19.8 Å². The van der Waals surface area contributed by atoms with Crippen molar-refractivity contribution in [2.24, 2.45) is 0 Å². The Balaban J connectivity index is 2.18. The highest BCUT2D eigenvalue weighted by atomic mass is 16.6. The van der Waals surface area contributed by atoms with E-state index in [0.717, 1.165) is 25.1 Å². The minimum absolute atomic E-state index is 0.129. The lowest BCUT2D eigenvalue weighted by molar-refractivity contribution is -0.385. The molecule has 1 aromatic rings. The molecule has 0 unspecified atom stereocenters. The van der Waals surface area contributed by atoms with Gasteiger partial charge in [-0.1, -0.05) is 13.0 Å². The van der Waals surface area contributed by atoms with Crippen LogP contribution in [-0.2, 0) is 11.3 Å². The van der Waals surface area contributed by atoms with E-state index in [2.05, 4.69) is 10.2 Å². The fourth-order valence-corrected chi connectivity index (χ4v) is 2.37. The Morgan fingerprint density at radius 1 is 1.41 bits per heavy atom. The number of hydrogen-bond donors (Lipinski definition) is 1. The van der Waals surface area contributed by atoms with E-state index in [9.17, 15) is 14.9 Å². The number of hydrogen-bond acceptors (Lipinski definition) is 5. The summed E-state index contributed by atoms with van der Waals surface area (Å²) in [5.41, 5.74) is 0.873. The highest BCUT2D eigenvalue weighted by molar-refractivity contribution is 5.98. The van der Waals surface area contributed by atoms with Crippen molar-refractivity contribution in [3.05, 3.63) is 39.4 Å². The third-order valence-electron chi connectivity index (χ3n) is 3.55. The number of amides is 1. The molecule has 22 heavy (non-hydrogen) atoms. The topological polar surface area (TPSA) is 84.7 Å². The smallest absolute Gasteiger partial charge is 0.282 e. The normalized spacial score (nSPS) is 15.5. The van der Waals surface area contributed by atoms with E-state index in [1.165, 1.54) is 6.07 Å². The number of ether oxygens (including phenoxy) is 1. The summed E-state index contributed by atoms with van der Waals surface area (Å²) in [6.07, 6.45) is 0.785. The Labute approximate surface area is 129 Å². The first-order valence-corrected chi connectivity index (χ1v) is 7.47. The zero-order valence-corrected chi connectivity index (χ0v) is 12.7. The number of morpholine rings is 1. The summed E-state index contributed by atoms with van der Waals surface area (Å²) >= 11 is 0. The number of nitrogens with zero attached hydrogens (tertiary/aromatic N) is 2. The van der Waals surface area contributed by atoms with Gasteiger partial charge in [-0.2, -0.15) is 0 Å². The first-order chi connectivity index (χ1) is 10.6. The molecule has 1 aromatic carbocycles. The third kappa shape index (κ3) is 4.25. The van der Waals surface area contributed by atoms with Crippen molar-refractivity contribution in [3.8, 4) is 0 Å². The van der Waals surface area contributed by atoms with Crippen LogP contribution in [0, 0.1) is 10.1 Å². The van der Waals surface area contributed by atoms with Gasteiger partial charge in [-0.15, -0.1) is 0 Å². The van der Waals surface area contributed by atoms with Crippen LogP contribution in [0.25, 0.3) is 0 Å². The minimum atomic E-state index is -0.515. The maximum absolute atomic E-state index is 12.1. The maximum Gasteiger partial charge on any atom is 0.282 e. The summed E-state index contributed by atoms with van der Waals surface area (Å²) < 4.78 is 5.30. The van der Waals surface area contributed by atoms with Crippen molar-refractivity contribution in [3.63, 3.8) is 0 Å². The van der Waals surface area contributed by atoms with Crippen molar-refractivity contribution in [2.75, 3.05) is 32.8 Å². The summed E-state index contributed by atoms with van der Waals surface area (Å²) in [6, 6.07) is 4.75. The molecule has 7 nitrogen and oxygen atoms in total. The molecule has 1 heterocycles. The number of carbonyl (C=O) groups excluding carboxylic acids is 1. The third-order valence-corrected chi connectivity index (χ3v) is 3.55. The van der Waals surface area contributed by atoms with Gasteiger partial charge in [0, 0.05) is 32.2 Å². The molecule has 1 aliphatic heterocycles. The molecular weight excluding hydrogens is 286 g/mol. The van der Waals surface area contributed by atoms with Gasteiger partial charge in [-0.05, 0) is 18.1 Å². The molecule has 0 spiro atoms. The maximum atomic E-state index is 12.1. The molecule has 0 radical (unpaired) electrons. The number of nitro groups is 1. The molecule has 2 rings (SSSR count). The lowest BCUT2D eigenvalue weighted by Crippen LogP contribution is -2.35. The van der Waals surface area contributed by atoms with Crippen LogP contribution < -0.4 is 5.32 Å². The molecule has 0 saturated carbocycles. The van der Waals surface area contributed by atoms with Crippen LogP contribution in [0.2, 0.25) is 0 Å². The Hall–Kier alpha value is -1.99. The van der Waals surface area contributed by atoms with E-state index in [0.29, 0.717) is 26.3 Å². The number of rotatable bonds is 6. The van der Waals surface area contributed by atoms with E-state index in [1.807, 2.05) is 6.92 Å². The van der Waals surface area contributed by atoms with Gasteiger partial charge in [0.05, 0.1) is 18.1 Å². The van der Waals surface area contributed by atoms with E-state index >= 15 is 0 Å². The fraction of sp³-hybridized carbons (Fsp3) is 0.533. The predicted molar refractivity (Wildman–Crippen MR) is 81.8 cm³/mol. The Morgan fingerprint density at radius 3 is 2.77 bits per heavy atom. The Kier molecular flexibility index (Phi) is 5.85. The largest absolute Gasteiger partial charge is 0.379 e. The van der Waals surface area contributed by atoms with Crippen LogP contribution >= 0.6 is 0 Å². The van der Waals surface area contributed by atoms with E-state index in [4.69, 9.17) is 4.74 Å². The zero-order valence-electron chi connectivity index (χ0n) is 12.7. The van der Waals surface area contributed by atoms with Crippen LogP contribution in [0.4, 0.5) is 5.69 Å². The zero-order chi connectivity index (χ0) is 15.9. The molecule has 1 fully saturated rings. The van der Waals surface area contributed by atoms with E-state index in [-0.39, 0.29) is 11.3 Å². The van der Waals surface area contributed by atoms with Crippen LogP contribution in [0.5, 0.6) is 0 Å². The van der Waals surface area contributed by atoms with Gasteiger partial charge < -0.3 is 10.1 Å². The van der Waals surface area contributed by atoms with Crippen LogP contribution in [0.1, 0.15) is 29.3 Å². The van der Waals surface area contributed by atoms with E-state index in [1.54, 1.807) is 12.1 Å². The van der Waals surface area contributed by atoms with Crippen LogP contribution in [0.15, 0.2) is 18.2 Å². The molecule has 0 atom stereocenters. The minimum Gasteiger partial charge on any atom is -0.379 e. The lowest BCUT2D eigenvalue weighted by Gasteiger charge is -2.26. The summed E-state index contributed by atoms with van der Waals surface area (Å²) in [7, 11) is 0. The summed E-state index contributed by atoms with van der Waals surface area (Å²) in [6.45, 7) is 6.14. The van der Waals surface area contributed by atoms with Crippen molar-refractivity contribution in [2.45, 2.75) is 19.9 Å². The van der Waals surface area contributed by atoms with Gasteiger partial charge in [0.25, 0.3) is 11.6 Å². The second-order valence-electron chi connectivity index (χ2n) is 5.25. The Morgan fingerprint density at radius 2 is 2.14 bits per heavy atom. The quantitative estimate of drug-likeness (QED) is 0.637. The lowest BCUT2D eigenvalue weighted by atomic mass is 10.1. The van der Waals surface area contributed by atoms with Gasteiger partial charge >= 0.3 is 0 Å². The molecule has 1 amide bonds. The summed E-state index contributed by atoms with van der Waals surface area (Å²) in [5, 5.41) is 13.8. The predicted octanol–water partition coefficient (Wildman–Crippen LogP) is 1.57. The van der Waals surface area contributed by atoms with Crippen molar-refractivity contribution in [1.82, 2.24) is 10.2 Å². The number of nitro benzene ring substituents is 1. The highest BCUT2D eigenvalue weighted by Crippen LogP contribution is 2.21. The van der Waals surface area contributed by atoms with Gasteiger partial charge in [0.2, 0.25) is 0 Å². The monoisotopic (exact) mass is 307 g/mol. The molecular formula is C15H21N3O4. The molecule has 0 aliphatic carbocycles. The van der Waals surface area contributed by atoms with Crippen molar-refractivity contribution < 1.29 is 14.5 Å². The molecule has 1 saturated heterocycles. The first-order valence-electron chi connectivity index (χ1n) is 7.47. The van der Waals surface area contributed by atoms with E-state index < -0.39 is 10.8 Å². The number of carbonyl (C=O) groups is 1. The number of nitrogens with one attached hydrogen (secondary N) is 1. The van der Waals surface area contributed by atoms with Gasteiger partial charge in [0.15, 0.2) is 0 Å². The summed E-state index contributed by atoms with van der Waals surface area (Å²) in [4.78, 5) is 24.9. The highest BCUT2D eigenvalue weighted by Gasteiger charge is 2.21. The van der Waals surface area contributed by atoms with Crippen molar-refractivity contribution >= 4 is 11.6 Å². The number of benzene rings is 1. The standard InChI is InChI=1S/C15H21N3O4/c1-2-5-16-15(19)13-10-12(3-4-14(13)18(20)21)11-17-6-8-22-9-7-17/h3-4,10H,2,5-9,11H2,1H3,(H,16,19). The van der Waals surface area contributed by atoms with Crippen LogP contribution in [0.3, 0.4) is 0 Å². The SMILES string of the molecule is CCCNC(=O)c1cc(CN2CCOCC2)ccc1[N+](=O)[O-]. The molecule has 120 valence electrons. The molecule has 0 aromatic heterocycles. The fourth-order valence-electron chi connectivity index (χ4n) is 2.37. The van der Waals surface area contributed by atoms with Gasteiger partial charge in [0.1, 0.15) is 5.56 Å². The Bertz CT molecular complexity index is 542. The molecule has 1 aliphatic rings. The average molecular weight is 307 g/mol.